The normalized spacial score (nSPS) is 20.6. The van der Waals surface area contributed by atoms with E-state index in [-0.39, 0.29) is 17.8 Å². The summed E-state index contributed by atoms with van der Waals surface area (Å²) in [7, 11) is 1.45. The van der Waals surface area contributed by atoms with Crippen LogP contribution >= 0.6 is 0 Å². The van der Waals surface area contributed by atoms with E-state index in [1.54, 1.807) is 0 Å². The van der Waals surface area contributed by atoms with Gasteiger partial charge in [-0.2, -0.15) is 0 Å². The largest absolute Gasteiger partial charge is 0.469 e. The molecule has 1 fully saturated rings. The molecule has 2 atom stereocenters. The van der Waals surface area contributed by atoms with E-state index in [4.69, 9.17) is 9.73 Å². The summed E-state index contributed by atoms with van der Waals surface area (Å²) in [4.78, 5) is 23.5. The van der Waals surface area contributed by atoms with Crippen LogP contribution in [0, 0.1) is 18.8 Å². The molecule has 0 aliphatic carbocycles. The van der Waals surface area contributed by atoms with Gasteiger partial charge in [-0.25, -0.2) is 9.98 Å². The number of aliphatic imine (C=N–C) groups is 1. The van der Waals surface area contributed by atoms with Crippen molar-refractivity contribution in [2.75, 3.05) is 26.7 Å². The molecule has 0 aromatic carbocycles. The summed E-state index contributed by atoms with van der Waals surface area (Å²) in [6, 6.07) is 6.06. The van der Waals surface area contributed by atoms with Crippen LogP contribution in [-0.4, -0.2) is 53.0 Å². The Morgan fingerprint density at radius 2 is 2.23 bits per heavy atom. The molecule has 0 radical (unpaired) electrons. The Kier molecular flexibility index (Phi) is 5.44. The predicted octanol–water partition coefficient (Wildman–Crippen LogP) is 1.85. The van der Waals surface area contributed by atoms with Crippen molar-refractivity contribution < 1.29 is 9.53 Å². The van der Waals surface area contributed by atoms with Crippen molar-refractivity contribution in [3.8, 4) is 0 Å². The lowest BCUT2D eigenvalue weighted by Gasteiger charge is -2.21. The molecular weight excluding hydrogens is 330 g/mol. The highest BCUT2D eigenvalue weighted by molar-refractivity contribution is 5.82. The number of aryl methyl sites for hydroxylation is 1. The zero-order valence-electron chi connectivity index (χ0n) is 15.9. The number of hydrogen-bond acceptors (Lipinski definition) is 4. The number of aromatic nitrogens is 2. The SMILES string of the molecule is CCNC(=NCc1cn2c(C)cccc2n1)N1CC(C)C(C(=O)OC)C1. The lowest BCUT2D eigenvalue weighted by atomic mass is 9.99. The molecule has 0 spiro atoms. The minimum atomic E-state index is -0.147. The Labute approximate surface area is 154 Å². The molecule has 2 aromatic heterocycles. The molecule has 3 heterocycles. The standard InChI is InChI=1S/C19H27N5O2/c1-5-20-19(23-10-13(2)16(12-23)18(25)26-4)21-9-15-11-24-14(3)7-6-8-17(24)22-15/h6-8,11,13,16H,5,9-10,12H2,1-4H3,(H,20,21). The van der Waals surface area contributed by atoms with E-state index in [2.05, 4.69) is 39.5 Å². The summed E-state index contributed by atoms with van der Waals surface area (Å²) in [5.41, 5.74) is 3.00. The minimum Gasteiger partial charge on any atom is -0.469 e. The van der Waals surface area contributed by atoms with Crippen molar-refractivity contribution in [1.29, 1.82) is 0 Å². The summed E-state index contributed by atoms with van der Waals surface area (Å²) >= 11 is 0. The van der Waals surface area contributed by atoms with Crippen molar-refractivity contribution in [3.63, 3.8) is 0 Å². The quantitative estimate of drug-likeness (QED) is 0.514. The third-order valence-electron chi connectivity index (χ3n) is 4.89. The number of methoxy groups -OCH3 is 1. The van der Waals surface area contributed by atoms with Gasteiger partial charge in [0.2, 0.25) is 0 Å². The molecule has 1 N–H and O–H groups in total. The number of nitrogens with one attached hydrogen (secondary N) is 1. The van der Waals surface area contributed by atoms with Crippen LogP contribution in [0.15, 0.2) is 29.4 Å². The third-order valence-corrected chi connectivity index (χ3v) is 4.89. The number of hydrogen-bond donors (Lipinski definition) is 1. The highest BCUT2D eigenvalue weighted by Gasteiger charge is 2.36. The molecular formula is C19H27N5O2. The molecule has 7 heteroatoms. The average molecular weight is 357 g/mol. The van der Waals surface area contributed by atoms with Crippen LogP contribution in [0.5, 0.6) is 0 Å². The number of carbonyl (C=O) groups is 1. The highest BCUT2D eigenvalue weighted by atomic mass is 16.5. The lowest BCUT2D eigenvalue weighted by molar-refractivity contribution is -0.145. The Morgan fingerprint density at radius 3 is 2.92 bits per heavy atom. The second-order valence-electron chi connectivity index (χ2n) is 6.81. The third kappa shape index (κ3) is 3.66. The fourth-order valence-electron chi connectivity index (χ4n) is 3.45. The number of nitrogens with zero attached hydrogens (tertiary/aromatic N) is 4. The topological polar surface area (TPSA) is 71.2 Å². The molecule has 0 saturated carbocycles. The van der Waals surface area contributed by atoms with E-state index >= 15 is 0 Å². The van der Waals surface area contributed by atoms with Gasteiger partial charge >= 0.3 is 5.97 Å². The van der Waals surface area contributed by atoms with Crippen LogP contribution in [0.3, 0.4) is 0 Å². The van der Waals surface area contributed by atoms with E-state index < -0.39 is 0 Å². The van der Waals surface area contributed by atoms with Crippen molar-refractivity contribution >= 4 is 17.6 Å². The van der Waals surface area contributed by atoms with Gasteiger partial charge in [0.15, 0.2) is 5.96 Å². The van der Waals surface area contributed by atoms with E-state index in [1.807, 2.05) is 25.3 Å². The van der Waals surface area contributed by atoms with E-state index in [1.165, 1.54) is 7.11 Å². The van der Waals surface area contributed by atoms with Gasteiger partial charge in [0, 0.05) is 31.5 Å². The summed E-state index contributed by atoms with van der Waals surface area (Å²) < 4.78 is 7.00. The molecule has 1 aliphatic heterocycles. The number of pyridine rings is 1. The Bertz CT molecular complexity index is 813. The van der Waals surface area contributed by atoms with Gasteiger partial charge in [-0.1, -0.05) is 13.0 Å². The molecule has 2 aromatic rings. The van der Waals surface area contributed by atoms with Gasteiger partial charge < -0.3 is 19.4 Å². The van der Waals surface area contributed by atoms with E-state index in [9.17, 15) is 4.79 Å². The van der Waals surface area contributed by atoms with Crippen LogP contribution in [0.25, 0.3) is 5.65 Å². The predicted molar refractivity (Wildman–Crippen MR) is 101 cm³/mol. The van der Waals surface area contributed by atoms with Gasteiger partial charge in [0.05, 0.1) is 25.3 Å². The summed E-state index contributed by atoms with van der Waals surface area (Å²) in [6.07, 6.45) is 2.03. The van der Waals surface area contributed by atoms with Crippen LogP contribution in [0.1, 0.15) is 25.2 Å². The van der Waals surface area contributed by atoms with Gasteiger partial charge in [-0.15, -0.1) is 0 Å². The number of rotatable bonds is 4. The van der Waals surface area contributed by atoms with Crippen LogP contribution < -0.4 is 5.32 Å². The second kappa shape index (κ2) is 7.76. The number of fused-ring (bicyclic) bond motifs is 1. The number of carbonyl (C=O) groups excluding carboxylic acids is 1. The van der Waals surface area contributed by atoms with E-state index in [0.717, 1.165) is 36.1 Å². The maximum atomic E-state index is 11.9. The minimum absolute atomic E-state index is 0.110. The fraction of sp³-hybridized carbons (Fsp3) is 0.526. The average Bonchev–Trinajstić information content (AvgIpc) is 3.22. The summed E-state index contributed by atoms with van der Waals surface area (Å²) in [5.74, 6) is 0.803. The zero-order chi connectivity index (χ0) is 18.7. The first kappa shape index (κ1) is 18.2. The van der Waals surface area contributed by atoms with Gasteiger partial charge in [0.25, 0.3) is 0 Å². The number of ether oxygens (including phenoxy) is 1. The highest BCUT2D eigenvalue weighted by Crippen LogP contribution is 2.24. The molecule has 140 valence electrons. The maximum absolute atomic E-state index is 11.9. The van der Waals surface area contributed by atoms with Crippen molar-refractivity contribution in [2.45, 2.75) is 27.3 Å². The van der Waals surface area contributed by atoms with Crippen LogP contribution in [0.4, 0.5) is 0 Å². The number of esters is 1. The number of likely N-dealkylation sites (tertiary alicyclic amines) is 1. The Hall–Kier alpha value is -2.57. The first-order valence-corrected chi connectivity index (χ1v) is 9.08. The molecule has 3 rings (SSSR count). The number of guanidine groups is 1. The zero-order valence-corrected chi connectivity index (χ0v) is 15.9. The molecule has 7 nitrogen and oxygen atoms in total. The molecule has 0 amide bonds. The summed E-state index contributed by atoms with van der Waals surface area (Å²) in [6.45, 7) is 8.87. The Balaban J connectivity index is 1.76. The monoisotopic (exact) mass is 357 g/mol. The van der Waals surface area contributed by atoms with Gasteiger partial charge in [0.1, 0.15) is 5.65 Å². The smallest absolute Gasteiger partial charge is 0.310 e. The van der Waals surface area contributed by atoms with Gasteiger partial charge in [-0.05, 0) is 31.9 Å². The molecule has 0 bridgehead atoms. The van der Waals surface area contributed by atoms with Crippen molar-refractivity contribution in [1.82, 2.24) is 19.6 Å². The van der Waals surface area contributed by atoms with Crippen LogP contribution in [0.2, 0.25) is 0 Å². The maximum Gasteiger partial charge on any atom is 0.310 e. The van der Waals surface area contributed by atoms with Crippen molar-refractivity contribution in [2.24, 2.45) is 16.8 Å². The Morgan fingerprint density at radius 1 is 1.42 bits per heavy atom. The number of imidazole rings is 1. The lowest BCUT2D eigenvalue weighted by Crippen LogP contribution is -2.40. The molecule has 1 saturated heterocycles. The second-order valence-corrected chi connectivity index (χ2v) is 6.81. The molecule has 2 unspecified atom stereocenters. The first-order valence-electron chi connectivity index (χ1n) is 9.08. The molecule has 1 aliphatic rings. The van der Waals surface area contributed by atoms with Crippen molar-refractivity contribution in [3.05, 3.63) is 35.8 Å². The van der Waals surface area contributed by atoms with Crippen LogP contribution in [-0.2, 0) is 16.1 Å². The van der Waals surface area contributed by atoms with Gasteiger partial charge in [-0.3, -0.25) is 4.79 Å². The summed E-state index contributed by atoms with van der Waals surface area (Å²) in [5, 5.41) is 3.33. The fourth-order valence-corrected chi connectivity index (χ4v) is 3.45. The van der Waals surface area contributed by atoms with E-state index in [0.29, 0.717) is 13.1 Å². The molecule has 26 heavy (non-hydrogen) atoms. The first-order chi connectivity index (χ1) is 12.5.